The minimum Gasteiger partial charge on any atom is -0.339 e. The van der Waals surface area contributed by atoms with Crippen LogP contribution < -0.4 is 0 Å². The van der Waals surface area contributed by atoms with Crippen molar-refractivity contribution < 1.29 is 0 Å². The lowest BCUT2D eigenvalue weighted by atomic mass is 10.1. The third-order valence-electron chi connectivity index (χ3n) is 3.15. The van der Waals surface area contributed by atoms with Gasteiger partial charge in [-0.3, -0.25) is 0 Å². The summed E-state index contributed by atoms with van der Waals surface area (Å²) in [6.45, 7) is 2.99. The molecule has 88 valence electrons. The maximum atomic E-state index is 9.47. The molecule has 3 aromatic rings. The quantitative estimate of drug-likeness (QED) is 0.670. The summed E-state index contributed by atoms with van der Waals surface area (Å²) in [4.78, 5) is 1.16. The summed E-state index contributed by atoms with van der Waals surface area (Å²) in [6.07, 6.45) is 0. The van der Waals surface area contributed by atoms with E-state index < -0.39 is 0 Å². The van der Waals surface area contributed by atoms with Gasteiger partial charge in [0.2, 0.25) is 0 Å². The molecule has 0 unspecified atom stereocenters. The minimum absolute atomic E-state index is 0.787. The molecule has 0 saturated carbocycles. The molecule has 0 aliphatic heterocycles. The number of hydrogen-bond acceptors (Lipinski definition) is 2. The van der Waals surface area contributed by atoms with E-state index in [1.807, 2.05) is 29.6 Å². The van der Waals surface area contributed by atoms with E-state index in [4.69, 9.17) is 0 Å². The van der Waals surface area contributed by atoms with Crippen LogP contribution in [0.5, 0.6) is 0 Å². The van der Waals surface area contributed by atoms with Gasteiger partial charge in [-0.15, -0.1) is 11.3 Å². The predicted molar refractivity (Wildman–Crippen MR) is 75.6 cm³/mol. The Balaban J connectivity index is 2.46. The highest BCUT2D eigenvalue weighted by Crippen LogP contribution is 2.35. The van der Waals surface area contributed by atoms with Crippen molar-refractivity contribution in [1.29, 1.82) is 5.26 Å². The van der Waals surface area contributed by atoms with E-state index in [0.717, 1.165) is 33.6 Å². The highest BCUT2D eigenvalue weighted by molar-refractivity contribution is 7.13. The standard InChI is InChI=1S/C15H12N2S/c1-2-17-13-7-4-3-6-11(13)12(10-16)15(17)14-8-5-9-18-14/h3-9H,2H2,1H3. The van der Waals surface area contributed by atoms with E-state index in [0.29, 0.717) is 0 Å². The fourth-order valence-electron chi connectivity index (χ4n) is 2.41. The van der Waals surface area contributed by atoms with Gasteiger partial charge in [-0.05, 0) is 24.4 Å². The SMILES string of the molecule is CCn1c(-c2cccs2)c(C#N)c2ccccc21. The molecular formula is C15H12N2S. The van der Waals surface area contributed by atoms with Crippen molar-refractivity contribution in [2.24, 2.45) is 0 Å². The topological polar surface area (TPSA) is 28.7 Å². The third-order valence-corrected chi connectivity index (χ3v) is 4.03. The molecule has 2 nitrogen and oxygen atoms in total. The van der Waals surface area contributed by atoms with Gasteiger partial charge in [0.25, 0.3) is 0 Å². The monoisotopic (exact) mass is 252 g/mol. The first-order valence-corrected chi connectivity index (χ1v) is 6.80. The Hall–Kier alpha value is -2.05. The highest BCUT2D eigenvalue weighted by Gasteiger charge is 2.17. The lowest BCUT2D eigenvalue weighted by Gasteiger charge is -2.06. The summed E-state index contributed by atoms with van der Waals surface area (Å²) < 4.78 is 2.22. The van der Waals surface area contributed by atoms with Crippen LogP contribution in [0.15, 0.2) is 41.8 Å². The third kappa shape index (κ3) is 1.47. The van der Waals surface area contributed by atoms with Gasteiger partial charge in [-0.1, -0.05) is 24.3 Å². The van der Waals surface area contributed by atoms with E-state index in [2.05, 4.69) is 29.7 Å². The Morgan fingerprint density at radius 3 is 2.72 bits per heavy atom. The van der Waals surface area contributed by atoms with Crippen LogP contribution >= 0.6 is 11.3 Å². The molecule has 0 saturated heterocycles. The normalized spacial score (nSPS) is 10.7. The van der Waals surface area contributed by atoms with Crippen LogP contribution in [0, 0.1) is 11.3 Å². The molecule has 0 aliphatic rings. The van der Waals surface area contributed by atoms with E-state index >= 15 is 0 Å². The molecule has 3 rings (SSSR count). The molecule has 0 spiro atoms. The Labute approximate surface area is 110 Å². The number of nitriles is 1. The van der Waals surface area contributed by atoms with Crippen LogP contribution in [-0.4, -0.2) is 4.57 Å². The van der Waals surface area contributed by atoms with Gasteiger partial charge in [0, 0.05) is 17.4 Å². The molecule has 0 radical (unpaired) electrons. The van der Waals surface area contributed by atoms with Crippen LogP contribution in [-0.2, 0) is 6.54 Å². The number of fused-ring (bicyclic) bond motifs is 1. The average Bonchev–Trinajstić information content (AvgIpc) is 3.03. The van der Waals surface area contributed by atoms with Gasteiger partial charge in [0.05, 0.1) is 16.1 Å². The van der Waals surface area contributed by atoms with Gasteiger partial charge in [-0.2, -0.15) is 5.26 Å². The molecule has 18 heavy (non-hydrogen) atoms. The molecule has 0 fully saturated rings. The molecular weight excluding hydrogens is 240 g/mol. The van der Waals surface area contributed by atoms with E-state index in [1.54, 1.807) is 11.3 Å². The first kappa shape index (κ1) is 11.1. The maximum Gasteiger partial charge on any atom is 0.102 e. The number of aryl methyl sites for hydroxylation is 1. The molecule has 0 bridgehead atoms. The molecule has 3 heteroatoms. The molecule has 0 aliphatic carbocycles. The lowest BCUT2D eigenvalue weighted by Crippen LogP contribution is -1.96. The van der Waals surface area contributed by atoms with Crippen molar-refractivity contribution >= 4 is 22.2 Å². The smallest absolute Gasteiger partial charge is 0.102 e. The fourth-order valence-corrected chi connectivity index (χ4v) is 3.20. The second-order valence-corrected chi connectivity index (χ2v) is 5.02. The van der Waals surface area contributed by atoms with Crippen LogP contribution in [0.4, 0.5) is 0 Å². The van der Waals surface area contributed by atoms with Crippen LogP contribution in [0.1, 0.15) is 12.5 Å². The van der Waals surface area contributed by atoms with Crippen molar-refractivity contribution in [2.45, 2.75) is 13.5 Å². The number of para-hydroxylation sites is 1. The van der Waals surface area contributed by atoms with E-state index in [1.165, 1.54) is 0 Å². The summed E-state index contributed by atoms with van der Waals surface area (Å²) in [6, 6.07) is 14.6. The molecule has 0 amide bonds. The van der Waals surface area contributed by atoms with Gasteiger partial charge < -0.3 is 4.57 Å². The summed E-state index contributed by atoms with van der Waals surface area (Å²) >= 11 is 1.68. The van der Waals surface area contributed by atoms with Crippen LogP contribution in [0.25, 0.3) is 21.5 Å². The zero-order valence-electron chi connectivity index (χ0n) is 10.1. The molecule has 2 heterocycles. The van der Waals surface area contributed by atoms with E-state index in [-0.39, 0.29) is 0 Å². The highest BCUT2D eigenvalue weighted by atomic mass is 32.1. The number of rotatable bonds is 2. The van der Waals surface area contributed by atoms with Crippen LogP contribution in [0.3, 0.4) is 0 Å². The van der Waals surface area contributed by atoms with Gasteiger partial charge in [-0.25, -0.2) is 0 Å². The van der Waals surface area contributed by atoms with Gasteiger partial charge >= 0.3 is 0 Å². The molecule has 0 atom stereocenters. The average molecular weight is 252 g/mol. The van der Waals surface area contributed by atoms with Crippen molar-refractivity contribution in [2.75, 3.05) is 0 Å². The molecule has 0 N–H and O–H groups in total. The molecule has 2 aromatic heterocycles. The largest absolute Gasteiger partial charge is 0.339 e. The number of hydrogen-bond donors (Lipinski definition) is 0. The number of nitrogens with zero attached hydrogens (tertiary/aromatic N) is 2. The molecule has 1 aromatic carbocycles. The predicted octanol–water partition coefficient (Wildman–Crippen LogP) is 4.26. The summed E-state index contributed by atoms with van der Waals surface area (Å²) in [7, 11) is 0. The van der Waals surface area contributed by atoms with Crippen molar-refractivity contribution in [3.63, 3.8) is 0 Å². The maximum absolute atomic E-state index is 9.47. The Morgan fingerprint density at radius 2 is 2.06 bits per heavy atom. The summed E-state index contributed by atoms with van der Waals surface area (Å²) in [5.41, 5.74) is 2.98. The minimum atomic E-state index is 0.787. The van der Waals surface area contributed by atoms with Gasteiger partial charge in [0.15, 0.2) is 0 Å². The second kappa shape index (κ2) is 4.32. The number of thiophene rings is 1. The summed E-state index contributed by atoms with van der Waals surface area (Å²) in [5.74, 6) is 0. The Kier molecular flexibility index (Phi) is 2.66. The van der Waals surface area contributed by atoms with Crippen LogP contribution in [0.2, 0.25) is 0 Å². The summed E-state index contributed by atoms with van der Waals surface area (Å²) in [5, 5.41) is 12.6. The Bertz CT molecular complexity index is 730. The van der Waals surface area contributed by atoms with Gasteiger partial charge in [0.1, 0.15) is 6.07 Å². The second-order valence-electron chi connectivity index (χ2n) is 4.07. The Morgan fingerprint density at radius 1 is 1.22 bits per heavy atom. The number of aromatic nitrogens is 1. The van der Waals surface area contributed by atoms with Crippen molar-refractivity contribution in [3.05, 3.63) is 47.3 Å². The zero-order valence-corrected chi connectivity index (χ0v) is 10.9. The first-order valence-electron chi connectivity index (χ1n) is 5.92. The lowest BCUT2D eigenvalue weighted by molar-refractivity contribution is 0.806. The first-order chi connectivity index (χ1) is 8.86. The number of benzene rings is 1. The zero-order chi connectivity index (χ0) is 12.5. The van der Waals surface area contributed by atoms with Crippen molar-refractivity contribution in [3.8, 4) is 16.6 Å². The van der Waals surface area contributed by atoms with E-state index in [9.17, 15) is 5.26 Å². The van der Waals surface area contributed by atoms with Crippen molar-refractivity contribution in [1.82, 2.24) is 4.57 Å². The fraction of sp³-hybridized carbons (Fsp3) is 0.133.